The maximum Gasteiger partial charge on any atom is 0.291 e. The zero-order valence-electron chi connectivity index (χ0n) is 13.7. The van der Waals surface area contributed by atoms with Gasteiger partial charge in [0.05, 0.1) is 6.26 Å². The topological polar surface area (TPSA) is 107 Å². The Kier molecular flexibility index (Phi) is 5.59. The van der Waals surface area contributed by atoms with E-state index in [0.29, 0.717) is 18.0 Å². The number of anilines is 1. The summed E-state index contributed by atoms with van der Waals surface area (Å²) in [5, 5.41) is 5.37. The highest BCUT2D eigenvalue weighted by atomic mass is 16.5. The summed E-state index contributed by atoms with van der Waals surface area (Å²) in [6, 6.07) is 9.96. The van der Waals surface area contributed by atoms with Crippen LogP contribution in [0, 0.1) is 0 Å². The third-order valence-corrected chi connectivity index (χ3v) is 2.95. The number of rotatable bonds is 7. The molecule has 0 saturated heterocycles. The lowest BCUT2D eigenvalue weighted by atomic mass is 10.1. The van der Waals surface area contributed by atoms with Crippen molar-refractivity contribution in [1.29, 1.82) is 0 Å². The molecule has 24 heavy (non-hydrogen) atoms. The molecular formula is C17H21N3O4. The average molecular weight is 331 g/mol. The van der Waals surface area contributed by atoms with Gasteiger partial charge in [-0.3, -0.25) is 9.59 Å². The highest BCUT2D eigenvalue weighted by molar-refractivity contribution is 6.02. The molecule has 2 rings (SSSR count). The van der Waals surface area contributed by atoms with Gasteiger partial charge in [0.1, 0.15) is 5.75 Å². The highest BCUT2D eigenvalue weighted by Crippen LogP contribution is 2.18. The van der Waals surface area contributed by atoms with Gasteiger partial charge in [0.2, 0.25) is 0 Å². The van der Waals surface area contributed by atoms with Crippen LogP contribution in [0.4, 0.5) is 5.69 Å². The Bertz CT molecular complexity index is 690. The lowest BCUT2D eigenvalue weighted by Gasteiger charge is -2.18. The summed E-state index contributed by atoms with van der Waals surface area (Å²) >= 11 is 0. The van der Waals surface area contributed by atoms with Gasteiger partial charge in [0.25, 0.3) is 11.8 Å². The number of amides is 2. The molecule has 0 aliphatic heterocycles. The number of carbonyl (C=O) groups excluding carboxylic acids is 2. The van der Waals surface area contributed by atoms with E-state index in [1.807, 2.05) is 13.8 Å². The Hall–Kier alpha value is -2.80. The van der Waals surface area contributed by atoms with Crippen LogP contribution in [0.3, 0.4) is 0 Å². The van der Waals surface area contributed by atoms with E-state index in [1.165, 1.54) is 6.26 Å². The van der Waals surface area contributed by atoms with Crippen molar-refractivity contribution in [2.24, 2.45) is 5.73 Å². The standard InChI is InChI=1S/C17H21N3O4/c1-17(2,18)11-19-15(21)10-24-13-6-3-5-12(9-13)20-16(22)14-7-4-8-23-14/h3-9H,10-11,18H2,1-2H3,(H,19,21)(H,20,22). The monoisotopic (exact) mass is 331 g/mol. The molecule has 7 heteroatoms. The van der Waals surface area contributed by atoms with Gasteiger partial charge in [-0.05, 0) is 38.1 Å². The van der Waals surface area contributed by atoms with Crippen molar-refractivity contribution in [3.05, 3.63) is 48.4 Å². The van der Waals surface area contributed by atoms with Crippen LogP contribution in [0.2, 0.25) is 0 Å². The van der Waals surface area contributed by atoms with E-state index in [4.69, 9.17) is 14.9 Å². The lowest BCUT2D eigenvalue weighted by Crippen LogP contribution is -2.46. The summed E-state index contributed by atoms with van der Waals surface area (Å²) in [6.07, 6.45) is 1.43. The van der Waals surface area contributed by atoms with Crippen molar-refractivity contribution in [3.63, 3.8) is 0 Å². The molecule has 0 unspecified atom stereocenters. The Morgan fingerprint density at radius 2 is 2.04 bits per heavy atom. The first-order chi connectivity index (χ1) is 11.3. The smallest absolute Gasteiger partial charge is 0.291 e. The van der Waals surface area contributed by atoms with Gasteiger partial charge in [-0.25, -0.2) is 0 Å². The van der Waals surface area contributed by atoms with Crippen LogP contribution in [0.15, 0.2) is 47.1 Å². The average Bonchev–Trinajstić information content (AvgIpc) is 3.05. The number of hydrogen-bond donors (Lipinski definition) is 3. The second kappa shape index (κ2) is 7.65. The fraction of sp³-hybridized carbons (Fsp3) is 0.294. The minimum absolute atomic E-state index is 0.133. The minimum atomic E-state index is -0.480. The SMILES string of the molecule is CC(C)(N)CNC(=O)COc1cccc(NC(=O)c2ccco2)c1. The van der Waals surface area contributed by atoms with E-state index in [9.17, 15) is 9.59 Å². The first-order valence-electron chi connectivity index (χ1n) is 7.47. The number of nitrogens with one attached hydrogen (secondary N) is 2. The Labute approximate surface area is 140 Å². The van der Waals surface area contributed by atoms with Crippen LogP contribution in [-0.4, -0.2) is 30.5 Å². The van der Waals surface area contributed by atoms with Crippen LogP contribution in [0.1, 0.15) is 24.4 Å². The van der Waals surface area contributed by atoms with Crippen molar-refractivity contribution in [2.75, 3.05) is 18.5 Å². The summed E-state index contributed by atoms with van der Waals surface area (Å²) in [5.41, 5.74) is 5.85. The molecule has 7 nitrogen and oxygen atoms in total. The van der Waals surface area contributed by atoms with Crippen LogP contribution in [0.25, 0.3) is 0 Å². The normalized spacial score (nSPS) is 11.0. The molecule has 0 saturated carbocycles. The van der Waals surface area contributed by atoms with Gasteiger partial charge in [0.15, 0.2) is 12.4 Å². The summed E-state index contributed by atoms with van der Waals surface area (Å²) in [5.74, 6) is 0.0538. The molecule has 4 N–H and O–H groups in total. The van der Waals surface area contributed by atoms with Crippen molar-refractivity contribution >= 4 is 17.5 Å². The van der Waals surface area contributed by atoms with E-state index < -0.39 is 5.54 Å². The first kappa shape index (κ1) is 17.6. The van der Waals surface area contributed by atoms with Crippen molar-refractivity contribution in [2.45, 2.75) is 19.4 Å². The summed E-state index contributed by atoms with van der Waals surface area (Å²) in [7, 11) is 0. The van der Waals surface area contributed by atoms with Crippen molar-refractivity contribution < 1.29 is 18.7 Å². The third-order valence-electron chi connectivity index (χ3n) is 2.95. The molecule has 0 aliphatic carbocycles. The van der Waals surface area contributed by atoms with E-state index in [1.54, 1.807) is 36.4 Å². The molecule has 1 aromatic heterocycles. The molecule has 2 amide bonds. The third kappa shape index (κ3) is 5.77. The molecule has 0 aliphatic rings. The van der Waals surface area contributed by atoms with Gasteiger partial charge in [-0.2, -0.15) is 0 Å². The quantitative estimate of drug-likeness (QED) is 0.717. The Balaban J connectivity index is 1.86. The molecule has 2 aromatic rings. The van der Waals surface area contributed by atoms with Crippen LogP contribution < -0.4 is 21.1 Å². The lowest BCUT2D eigenvalue weighted by molar-refractivity contribution is -0.123. The molecule has 1 heterocycles. The van der Waals surface area contributed by atoms with E-state index in [-0.39, 0.29) is 24.2 Å². The van der Waals surface area contributed by atoms with E-state index >= 15 is 0 Å². The van der Waals surface area contributed by atoms with E-state index in [0.717, 1.165) is 0 Å². The predicted octanol–water partition coefficient (Wildman–Crippen LogP) is 1.76. The molecule has 1 aromatic carbocycles. The summed E-state index contributed by atoms with van der Waals surface area (Å²) in [6.45, 7) is 3.86. The molecule has 0 radical (unpaired) electrons. The zero-order valence-corrected chi connectivity index (χ0v) is 13.7. The molecule has 0 fully saturated rings. The van der Waals surface area contributed by atoms with Crippen LogP contribution in [0.5, 0.6) is 5.75 Å². The second-order valence-electron chi connectivity index (χ2n) is 6.01. The maximum absolute atomic E-state index is 11.9. The summed E-state index contributed by atoms with van der Waals surface area (Å²) in [4.78, 5) is 23.6. The van der Waals surface area contributed by atoms with Crippen molar-refractivity contribution in [3.8, 4) is 5.75 Å². The zero-order chi connectivity index (χ0) is 17.6. The Morgan fingerprint density at radius 1 is 1.25 bits per heavy atom. The van der Waals surface area contributed by atoms with Crippen LogP contribution >= 0.6 is 0 Å². The fourth-order valence-electron chi connectivity index (χ4n) is 1.79. The van der Waals surface area contributed by atoms with Crippen LogP contribution in [-0.2, 0) is 4.79 Å². The minimum Gasteiger partial charge on any atom is -0.484 e. The highest BCUT2D eigenvalue weighted by Gasteiger charge is 2.13. The number of hydrogen-bond acceptors (Lipinski definition) is 5. The number of nitrogens with two attached hydrogens (primary N) is 1. The van der Waals surface area contributed by atoms with Gasteiger partial charge >= 0.3 is 0 Å². The van der Waals surface area contributed by atoms with Gasteiger partial charge in [-0.15, -0.1) is 0 Å². The van der Waals surface area contributed by atoms with Gasteiger partial charge in [0, 0.05) is 23.8 Å². The summed E-state index contributed by atoms with van der Waals surface area (Å²) < 4.78 is 10.4. The van der Waals surface area contributed by atoms with Crippen molar-refractivity contribution in [1.82, 2.24) is 5.32 Å². The first-order valence-corrected chi connectivity index (χ1v) is 7.47. The molecule has 128 valence electrons. The molecule has 0 spiro atoms. The maximum atomic E-state index is 11.9. The van der Waals surface area contributed by atoms with Gasteiger partial charge in [-0.1, -0.05) is 6.07 Å². The Morgan fingerprint density at radius 3 is 2.71 bits per heavy atom. The van der Waals surface area contributed by atoms with Gasteiger partial charge < -0.3 is 25.5 Å². The fourth-order valence-corrected chi connectivity index (χ4v) is 1.79. The number of benzene rings is 1. The number of carbonyl (C=O) groups is 2. The number of ether oxygens (including phenoxy) is 1. The number of furan rings is 1. The largest absolute Gasteiger partial charge is 0.484 e. The molecule has 0 atom stereocenters. The second-order valence-corrected chi connectivity index (χ2v) is 6.01. The predicted molar refractivity (Wildman–Crippen MR) is 89.9 cm³/mol. The van der Waals surface area contributed by atoms with E-state index in [2.05, 4.69) is 10.6 Å². The molecule has 0 bridgehead atoms. The molecular weight excluding hydrogens is 310 g/mol.